The van der Waals surface area contributed by atoms with E-state index in [4.69, 9.17) is 9.84 Å². The normalized spacial score (nSPS) is 21.0. The molecule has 112 valence electrons. The van der Waals surface area contributed by atoms with Gasteiger partial charge in [-0.15, -0.1) is 0 Å². The Morgan fingerprint density at radius 1 is 1.43 bits per heavy atom. The van der Waals surface area contributed by atoms with Gasteiger partial charge in [0.15, 0.2) is 0 Å². The summed E-state index contributed by atoms with van der Waals surface area (Å²) in [5.41, 5.74) is 0.279. The first-order valence-electron chi connectivity index (χ1n) is 6.87. The molecule has 0 radical (unpaired) electrons. The molecule has 0 bridgehead atoms. The first-order valence-corrected chi connectivity index (χ1v) is 6.87. The van der Waals surface area contributed by atoms with Crippen molar-refractivity contribution >= 4 is 17.6 Å². The molecule has 0 saturated carbocycles. The summed E-state index contributed by atoms with van der Waals surface area (Å²) >= 11 is 0. The van der Waals surface area contributed by atoms with Crippen LogP contribution in [-0.2, 0) is 9.53 Å². The second-order valence-electron chi connectivity index (χ2n) is 5.72. The number of benzene rings is 1. The van der Waals surface area contributed by atoms with Gasteiger partial charge in [-0.3, -0.25) is 4.79 Å². The van der Waals surface area contributed by atoms with Crippen molar-refractivity contribution in [3.8, 4) is 0 Å². The van der Waals surface area contributed by atoms with Crippen LogP contribution < -0.4 is 5.32 Å². The molecule has 1 aromatic rings. The van der Waals surface area contributed by atoms with Crippen LogP contribution in [-0.4, -0.2) is 23.1 Å². The summed E-state index contributed by atoms with van der Waals surface area (Å²) in [5, 5.41) is 12.0. The van der Waals surface area contributed by atoms with E-state index in [1.165, 1.54) is 6.07 Å². The highest BCUT2D eigenvalue weighted by molar-refractivity contribution is 5.94. The molecule has 1 fully saturated rings. The molecule has 0 amide bonds. The van der Waals surface area contributed by atoms with E-state index in [9.17, 15) is 9.59 Å². The molecule has 1 aromatic carbocycles. The molecule has 2 N–H and O–H groups in total. The van der Waals surface area contributed by atoms with Gasteiger partial charge in [0, 0.05) is 6.20 Å². The van der Waals surface area contributed by atoms with Gasteiger partial charge in [0.2, 0.25) is 0 Å². The van der Waals surface area contributed by atoms with Crippen LogP contribution in [0.5, 0.6) is 0 Å². The van der Waals surface area contributed by atoms with Gasteiger partial charge in [0.05, 0.1) is 16.7 Å². The summed E-state index contributed by atoms with van der Waals surface area (Å²) in [6.07, 6.45) is 4.63. The largest absolute Gasteiger partial charge is 0.478 e. The van der Waals surface area contributed by atoms with E-state index in [0.717, 1.165) is 12.8 Å². The number of para-hydroxylation sites is 1. The van der Waals surface area contributed by atoms with Crippen LogP contribution in [0.3, 0.4) is 0 Å². The Bertz CT molecular complexity index is 577. The van der Waals surface area contributed by atoms with Crippen molar-refractivity contribution in [2.24, 2.45) is 5.41 Å². The first-order chi connectivity index (χ1) is 9.90. The first kappa shape index (κ1) is 15.1. The molecule has 0 aliphatic carbocycles. The molecule has 0 spiro atoms. The number of hydrogen-bond donors (Lipinski definition) is 2. The van der Waals surface area contributed by atoms with Crippen LogP contribution in [0.4, 0.5) is 5.69 Å². The predicted octanol–water partition coefficient (Wildman–Crippen LogP) is 3.04. The number of esters is 1. The molecule has 1 atom stereocenters. The third-order valence-electron chi connectivity index (χ3n) is 3.57. The van der Waals surface area contributed by atoms with Crippen LogP contribution in [0, 0.1) is 5.41 Å². The third kappa shape index (κ3) is 3.62. The van der Waals surface area contributed by atoms with Gasteiger partial charge < -0.3 is 15.2 Å². The van der Waals surface area contributed by atoms with E-state index in [1.54, 1.807) is 30.5 Å². The van der Waals surface area contributed by atoms with Gasteiger partial charge >= 0.3 is 11.9 Å². The smallest absolute Gasteiger partial charge is 0.337 e. The summed E-state index contributed by atoms with van der Waals surface area (Å²) in [5.74, 6) is -1.19. The number of carboxylic acid groups (broad SMARTS) is 1. The average molecular weight is 289 g/mol. The molecule has 1 aliphatic heterocycles. The van der Waals surface area contributed by atoms with E-state index in [0.29, 0.717) is 5.69 Å². The molecule has 1 heterocycles. The second kappa shape index (κ2) is 5.99. The van der Waals surface area contributed by atoms with Crippen LogP contribution >= 0.6 is 0 Å². The Morgan fingerprint density at radius 2 is 2.14 bits per heavy atom. The number of nitrogens with one attached hydrogen (secondary N) is 1. The Labute approximate surface area is 123 Å². The lowest BCUT2D eigenvalue weighted by molar-refractivity contribution is -0.164. The molecule has 5 heteroatoms. The molecule has 0 unspecified atom stereocenters. The average Bonchev–Trinajstić information content (AvgIpc) is 2.43. The summed E-state index contributed by atoms with van der Waals surface area (Å²) in [6.45, 7) is 3.74. The number of hydrogen-bond acceptors (Lipinski definition) is 4. The predicted molar refractivity (Wildman–Crippen MR) is 79.1 cm³/mol. The number of carboxylic acids is 1. The lowest BCUT2D eigenvalue weighted by Crippen LogP contribution is -2.36. The minimum absolute atomic E-state index is 0.198. The van der Waals surface area contributed by atoms with E-state index < -0.39 is 11.4 Å². The van der Waals surface area contributed by atoms with Gasteiger partial charge in [-0.25, -0.2) is 4.79 Å². The van der Waals surface area contributed by atoms with Crippen molar-refractivity contribution < 1.29 is 19.4 Å². The number of carbonyl (C=O) groups is 2. The molecular formula is C16H19NO4. The fraction of sp³-hybridized carbons (Fsp3) is 0.375. The van der Waals surface area contributed by atoms with Crippen molar-refractivity contribution in [1.82, 2.24) is 0 Å². The Morgan fingerprint density at radius 3 is 2.81 bits per heavy atom. The summed E-state index contributed by atoms with van der Waals surface area (Å²) in [6, 6.07) is 6.64. The Kier molecular flexibility index (Phi) is 4.31. The lowest BCUT2D eigenvalue weighted by Gasteiger charge is -2.31. The molecule has 21 heavy (non-hydrogen) atoms. The van der Waals surface area contributed by atoms with Crippen molar-refractivity contribution in [3.63, 3.8) is 0 Å². The highest BCUT2D eigenvalue weighted by atomic mass is 16.5. The zero-order valence-corrected chi connectivity index (χ0v) is 12.1. The number of carbonyl (C=O) groups excluding carboxylic acids is 1. The van der Waals surface area contributed by atoms with E-state index in [2.05, 4.69) is 5.32 Å². The number of cyclic esters (lactones) is 1. The molecular weight excluding hydrogens is 270 g/mol. The van der Waals surface area contributed by atoms with Crippen LogP contribution in [0.2, 0.25) is 0 Å². The molecule has 5 nitrogen and oxygen atoms in total. The quantitative estimate of drug-likeness (QED) is 0.833. The number of rotatable bonds is 4. The van der Waals surface area contributed by atoms with E-state index in [-0.39, 0.29) is 17.6 Å². The van der Waals surface area contributed by atoms with E-state index >= 15 is 0 Å². The summed E-state index contributed by atoms with van der Waals surface area (Å²) in [7, 11) is 0. The minimum Gasteiger partial charge on any atom is -0.478 e. The maximum Gasteiger partial charge on any atom is 0.337 e. The number of aromatic carboxylic acids is 1. The Balaban J connectivity index is 1.98. The summed E-state index contributed by atoms with van der Waals surface area (Å²) < 4.78 is 5.34. The maximum atomic E-state index is 11.7. The molecule has 0 aromatic heterocycles. The number of ether oxygens (including phenoxy) is 1. The van der Waals surface area contributed by atoms with Gasteiger partial charge in [-0.05, 0) is 44.9 Å². The van der Waals surface area contributed by atoms with Gasteiger partial charge in [0.25, 0.3) is 0 Å². The molecule has 2 rings (SSSR count). The van der Waals surface area contributed by atoms with Crippen molar-refractivity contribution in [2.75, 3.05) is 5.32 Å². The minimum atomic E-state index is -0.989. The van der Waals surface area contributed by atoms with Gasteiger partial charge in [-0.1, -0.05) is 12.1 Å². The maximum absolute atomic E-state index is 11.7. The zero-order valence-electron chi connectivity index (χ0n) is 12.1. The number of anilines is 1. The summed E-state index contributed by atoms with van der Waals surface area (Å²) in [4.78, 5) is 22.8. The van der Waals surface area contributed by atoms with Gasteiger partial charge in [0.1, 0.15) is 6.10 Å². The monoisotopic (exact) mass is 289 g/mol. The zero-order chi connectivity index (χ0) is 15.5. The lowest BCUT2D eigenvalue weighted by atomic mass is 9.84. The second-order valence-corrected chi connectivity index (χ2v) is 5.72. The van der Waals surface area contributed by atoms with Crippen molar-refractivity contribution in [2.45, 2.75) is 32.8 Å². The molecule has 1 saturated heterocycles. The highest BCUT2D eigenvalue weighted by Crippen LogP contribution is 2.31. The van der Waals surface area contributed by atoms with Crippen LogP contribution in [0.25, 0.3) is 0 Å². The standard InChI is InChI=1S/C16H19NO4/c1-16(2)9-7-11(21-15(16)20)8-10-17-13-6-4-3-5-12(13)14(18)19/h3-6,8,10-11,17H,7,9H2,1-2H3,(H,18,19)/b10-8+/t11-/m1/s1. The van der Waals surface area contributed by atoms with Crippen molar-refractivity contribution in [3.05, 3.63) is 42.1 Å². The van der Waals surface area contributed by atoms with Gasteiger partial charge in [-0.2, -0.15) is 0 Å². The SMILES string of the molecule is CC1(C)CC[C@H](/C=C/Nc2ccccc2C(=O)O)OC1=O. The van der Waals surface area contributed by atoms with E-state index in [1.807, 2.05) is 13.8 Å². The Hall–Kier alpha value is -2.30. The van der Waals surface area contributed by atoms with Crippen LogP contribution in [0.15, 0.2) is 36.5 Å². The topological polar surface area (TPSA) is 75.6 Å². The fourth-order valence-electron chi connectivity index (χ4n) is 2.14. The van der Waals surface area contributed by atoms with Crippen molar-refractivity contribution in [1.29, 1.82) is 0 Å². The fourth-order valence-corrected chi connectivity index (χ4v) is 2.14. The third-order valence-corrected chi connectivity index (χ3v) is 3.57. The molecule has 1 aliphatic rings. The van der Waals surface area contributed by atoms with Crippen LogP contribution in [0.1, 0.15) is 37.0 Å². The highest BCUT2D eigenvalue weighted by Gasteiger charge is 2.35.